The molecule has 0 bridgehead atoms. The number of thioether (sulfide) groups is 1. The summed E-state index contributed by atoms with van der Waals surface area (Å²) in [6, 6.07) is 12.9. The number of nitrogens with one attached hydrogen (secondary N) is 4. The third kappa shape index (κ3) is 13.6. The summed E-state index contributed by atoms with van der Waals surface area (Å²) in [4.78, 5) is 67.0. The molecule has 0 fully saturated rings. The maximum atomic E-state index is 13.4. The number of aliphatic imine (C=N–C) groups is 1. The number of benzene rings is 2. The number of nitrogens with zero attached hydrogens (tertiary/aromatic N) is 1. The summed E-state index contributed by atoms with van der Waals surface area (Å²) in [5.74, 6) is -2.04. The van der Waals surface area contributed by atoms with Gasteiger partial charge in [-0.2, -0.15) is 11.8 Å². The Morgan fingerprint density at radius 3 is 1.91 bits per heavy atom. The summed E-state index contributed by atoms with van der Waals surface area (Å²) in [6.07, 6.45) is 3.46. The zero-order valence-electron chi connectivity index (χ0n) is 24.6. The Morgan fingerprint density at radius 1 is 0.818 bits per heavy atom. The van der Waals surface area contributed by atoms with Crippen LogP contribution in [0.2, 0.25) is 0 Å². The van der Waals surface area contributed by atoms with Crippen molar-refractivity contribution in [2.24, 2.45) is 16.5 Å². The number of hydrogen-bond acceptors (Lipinski definition) is 7. The summed E-state index contributed by atoms with van der Waals surface area (Å²) in [5.41, 5.74) is 12.3. The van der Waals surface area contributed by atoms with Gasteiger partial charge in [0.05, 0.1) is 6.04 Å². The molecular formula is C30H41N7O6S. The molecule has 238 valence electrons. The quantitative estimate of drug-likeness (QED) is 0.0500. The van der Waals surface area contributed by atoms with Gasteiger partial charge in [-0.3, -0.25) is 14.6 Å². The lowest BCUT2D eigenvalue weighted by Crippen LogP contribution is -2.57. The van der Waals surface area contributed by atoms with Crippen LogP contribution >= 0.6 is 11.8 Å². The van der Waals surface area contributed by atoms with Crippen molar-refractivity contribution in [3.63, 3.8) is 0 Å². The van der Waals surface area contributed by atoms with E-state index in [2.05, 4.69) is 26.3 Å². The predicted octanol–water partition coefficient (Wildman–Crippen LogP) is 0.568. The molecule has 0 saturated heterocycles. The molecule has 13 nitrogen and oxygen atoms in total. The van der Waals surface area contributed by atoms with Crippen molar-refractivity contribution in [3.05, 3.63) is 71.8 Å². The number of rotatable bonds is 19. The Kier molecular flexibility index (Phi) is 15.8. The second-order valence-electron chi connectivity index (χ2n) is 9.98. The minimum atomic E-state index is -1.26. The highest BCUT2D eigenvalue weighted by Crippen LogP contribution is 2.08. The Balaban J connectivity index is 2.14. The van der Waals surface area contributed by atoms with Gasteiger partial charge in [-0.1, -0.05) is 60.7 Å². The Bertz CT molecular complexity index is 1240. The molecular weight excluding hydrogens is 586 g/mol. The standard InChI is InChI=1S/C30H41N7O6S/c1-44-16-14-24(26(39)34-22(19-38)17-20-9-4-2-5-10-20)35-27(40)23(13-8-15-33-29(31)32)36-30(43)37-25(28(41)42)18-21-11-6-3-7-12-21/h2-7,9-12,19,22-25H,8,13-18H2,1H3,(H,34,39)(H,35,40)(H,41,42)(H4,31,32,33)(H2,36,37,43). The van der Waals surface area contributed by atoms with Crippen LogP contribution in [0, 0.1) is 0 Å². The van der Waals surface area contributed by atoms with Crippen molar-refractivity contribution in [3.8, 4) is 0 Å². The van der Waals surface area contributed by atoms with Crippen molar-refractivity contribution in [1.82, 2.24) is 21.3 Å². The van der Waals surface area contributed by atoms with E-state index in [9.17, 15) is 29.1 Å². The number of aliphatic carboxylic acids is 1. The van der Waals surface area contributed by atoms with Crippen molar-refractivity contribution in [2.45, 2.75) is 56.3 Å². The molecule has 0 aliphatic rings. The monoisotopic (exact) mass is 627 g/mol. The van der Waals surface area contributed by atoms with Crippen LogP contribution < -0.4 is 32.7 Å². The first-order valence-corrected chi connectivity index (χ1v) is 15.5. The van der Waals surface area contributed by atoms with E-state index in [0.29, 0.717) is 24.0 Å². The zero-order chi connectivity index (χ0) is 32.3. The molecule has 0 aliphatic carbocycles. The molecule has 0 spiro atoms. The summed E-state index contributed by atoms with van der Waals surface area (Å²) in [6.45, 7) is 0.179. The summed E-state index contributed by atoms with van der Waals surface area (Å²) < 4.78 is 0. The second kappa shape index (κ2) is 19.6. The zero-order valence-corrected chi connectivity index (χ0v) is 25.4. The fourth-order valence-electron chi connectivity index (χ4n) is 4.24. The van der Waals surface area contributed by atoms with Crippen LogP contribution in [0.25, 0.3) is 0 Å². The van der Waals surface area contributed by atoms with E-state index in [1.807, 2.05) is 36.6 Å². The Labute approximate surface area is 261 Å². The largest absolute Gasteiger partial charge is 0.480 e. The third-order valence-corrected chi connectivity index (χ3v) is 7.13. The van der Waals surface area contributed by atoms with Gasteiger partial charge >= 0.3 is 12.0 Å². The van der Waals surface area contributed by atoms with Crippen LogP contribution in [0.3, 0.4) is 0 Å². The lowest BCUT2D eigenvalue weighted by atomic mass is 10.1. The molecule has 4 amide bonds. The van der Waals surface area contributed by atoms with Crippen LogP contribution in [0.1, 0.15) is 30.4 Å². The number of carbonyl (C=O) groups excluding carboxylic acids is 4. The molecule has 2 aromatic carbocycles. The van der Waals surface area contributed by atoms with E-state index in [1.54, 1.807) is 30.3 Å². The van der Waals surface area contributed by atoms with Crippen LogP contribution in [0.5, 0.6) is 0 Å². The van der Waals surface area contributed by atoms with Gasteiger partial charge in [-0.05, 0) is 48.8 Å². The van der Waals surface area contributed by atoms with E-state index in [-0.39, 0.29) is 38.2 Å². The first kappa shape index (κ1) is 35.6. The SMILES string of the molecule is CSCCC(NC(=O)C(CCCN=C(N)N)NC(=O)NC(Cc1ccccc1)C(=O)O)C(=O)NC(C=O)Cc1ccccc1. The van der Waals surface area contributed by atoms with Crippen molar-refractivity contribution in [2.75, 3.05) is 18.6 Å². The number of aldehydes is 1. The van der Waals surface area contributed by atoms with Gasteiger partial charge in [0.15, 0.2) is 5.96 Å². The number of nitrogens with two attached hydrogens (primary N) is 2. The lowest BCUT2D eigenvalue weighted by Gasteiger charge is -2.25. The van der Waals surface area contributed by atoms with E-state index in [4.69, 9.17) is 11.5 Å². The fraction of sp³-hybridized carbons (Fsp3) is 0.400. The van der Waals surface area contributed by atoms with Gasteiger partial charge in [0.25, 0.3) is 0 Å². The normalized spacial score (nSPS) is 13.3. The van der Waals surface area contributed by atoms with E-state index in [0.717, 1.165) is 5.56 Å². The van der Waals surface area contributed by atoms with Gasteiger partial charge in [-0.25, -0.2) is 9.59 Å². The van der Waals surface area contributed by atoms with Crippen LogP contribution in [-0.2, 0) is 32.0 Å². The molecule has 14 heteroatoms. The number of hydrogen-bond donors (Lipinski definition) is 7. The van der Waals surface area contributed by atoms with Gasteiger partial charge in [0.2, 0.25) is 11.8 Å². The molecule has 0 saturated carbocycles. The minimum Gasteiger partial charge on any atom is -0.480 e. The van der Waals surface area contributed by atoms with Crippen LogP contribution in [-0.4, -0.2) is 83.9 Å². The number of carboxylic acid groups (broad SMARTS) is 1. The number of carboxylic acids is 1. The molecule has 0 heterocycles. The molecule has 0 aromatic heterocycles. The molecule has 2 aromatic rings. The van der Waals surface area contributed by atoms with Gasteiger partial charge in [0.1, 0.15) is 24.4 Å². The molecule has 4 unspecified atom stereocenters. The Hall–Kier alpha value is -4.59. The van der Waals surface area contributed by atoms with E-state index < -0.39 is 48.0 Å². The van der Waals surface area contributed by atoms with Gasteiger partial charge < -0.3 is 42.6 Å². The first-order valence-electron chi connectivity index (χ1n) is 14.1. The average Bonchev–Trinajstić information content (AvgIpc) is 3.00. The third-order valence-electron chi connectivity index (χ3n) is 6.49. The fourth-order valence-corrected chi connectivity index (χ4v) is 4.71. The number of carbonyl (C=O) groups is 5. The van der Waals surface area contributed by atoms with Gasteiger partial charge in [0, 0.05) is 13.0 Å². The summed E-state index contributed by atoms with van der Waals surface area (Å²) >= 11 is 1.48. The highest BCUT2D eigenvalue weighted by atomic mass is 32.2. The number of urea groups is 1. The highest BCUT2D eigenvalue weighted by molar-refractivity contribution is 7.98. The van der Waals surface area contributed by atoms with Crippen molar-refractivity contribution < 1.29 is 29.1 Å². The molecule has 44 heavy (non-hydrogen) atoms. The first-order chi connectivity index (χ1) is 21.1. The maximum Gasteiger partial charge on any atom is 0.326 e. The van der Waals surface area contributed by atoms with Crippen molar-refractivity contribution >= 4 is 47.8 Å². The topological polar surface area (TPSA) is 218 Å². The van der Waals surface area contributed by atoms with E-state index in [1.165, 1.54) is 11.8 Å². The second-order valence-corrected chi connectivity index (χ2v) is 11.0. The van der Waals surface area contributed by atoms with E-state index >= 15 is 0 Å². The minimum absolute atomic E-state index is 0.0305. The molecule has 0 aliphatic heterocycles. The number of guanidine groups is 1. The van der Waals surface area contributed by atoms with Crippen LogP contribution in [0.4, 0.5) is 4.79 Å². The predicted molar refractivity (Wildman–Crippen MR) is 170 cm³/mol. The summed E-state index contributed by atoms with van der Waals surface area (Å²) in [5, 5.41) is 20.0. The lowest BCUT2D eigenvalue weighted by molar-refractivity contribution is -0.139. The molecule has 9 N–H and O–H groups in total. The van der Waals surface area contributed by atoms with Crippen LogP contribution in [0.15, 0.2) is 65.7 Å². The number of amides is 4. The highest BCUT2D eigenvalue weighted by Gasteiger charge is 2.29. The average molecular weight is 628 g/mol. The Morgan fingerprint density at radius 2 is 1.36 bits per heavy atom. The molecule has 4 atom stereocenters. The van der Waals surface area contributed by atoms with Gasteiger partial charge in [-0.15, -0.1) is 0 Å². The van der Waals surface area contributed by atoms with Crippen molar-refractivity contribution in [1.29, 1.82) is 0 Å². The maximum absolute atomic E-state index is 13.4. The smallest absolute Gasteiger partial charge is 0.326 e. The molecule has 0 radical (unpaired) electrons. The summed E-state index contributed by atoms with van der Waals surface area (Å²) in [7, 11) is 0. The molecule has 2 rings (SSSR count).